The Hall–Kier alpha value is -2.17. The van der Waals surface area contributed by atoms with Crippen LogP contribution in [0.15, 0.2) is 29.2 Å². The first-order valence-corrected chi connectivity index (χ1v) is 10.0. The Morgan fingerprint density at radius 1 is 1.15 bits per heavy atom. The van der Waals surface area contributed by atoms with E-state index in [1.165, 1.54) is 30.7 Å². The molecular weight excluding hydrogens is 374 g/mol. The number of carbonyl (C=O) groups excluding carboxylic acids is 2. The summed E-state index contributed by atoms with van der Waals surface area (Å²) >= 11 is 0. The highest BCUT2D eigenvalue weighted by Gasteiger charge is 2.35. The van der Waals surface area contributed by atoms with Gasteiger partial charge in [-0.05, 0) is 37.1 Å². The minimum atomic E-state index is -3.69. The van der Waals surface area contributed by atoms with Crippen LogP contribution in [-0.2, 0) is 24.3 Å². The SMILES string of the molecule is COCCNC(=O)C(=O)NC[C@H]1CCCN1S(=O)(=O)c1ccc(OC)cc1. The normalized spacial score (nSPS) is 17.5. The van der Waals surface area contributed by atoms with Crippen LogP contribution < -0.4 is 15.4 Å². The number of benzene rings is 1. The number of rotatable bonds is 8. The predicted octanol–water partition coefficient (Wildman–Crippen LogP) is -0.273. The van der Waals surface area contributed by atoms with E-state index in [2.05, 4.69) is 10.6 Å². The summed E-state index contributed by atoms with van der Waals surface area (Å²) in [6.45, 7) is 0.973. The maximum Gasteiger partial charge on any atom is 0.309 e. The van der Waals surface area contributed by atoms with Gasteiger partial charge >= 0.3 is 11.8 Å². The first-order chi connectivity index (χ1) is 12.9. The molecule has 10 heteroatoms. The fourth-order valence-corrected chi connectivity index (χ4v) is 4.54. The zero-order chi connectivity index (χ0) is 19.9. The third kappa shape index (κ3) is 5.41. The topological polar surface area (TPSA) is 114 Å². The lowest BCUT2D eigenvalue weighted by molar-refractivity contribution is -0.139. The molecule has 1 fully saturated rings. The molecule has 2 amide bonds. The van der Waals surface area contributed by atoms with Gasteiger partial charge in [0.25, 0.3) is 0 Å². The highest BCUT2D eigenvalue weighted by molar-refractivity contribution is 7.89. The highest BCUT2D eigenvalue weighted by atomic mass is 32.2. The van der Waals surface area contributed by atoms with Gasteiger partial charge < -0.3 is 20.1 Å². The van der Waals surface area contributed by atoms with Gasteiger partial charge in [0.1, 0.15) is 5.75 Å². The van der Waals surface area contributed by atoms with Gasteiger partial charge in [-0.2, -0.15) is 4.31 Å². The summed E-state index contributed by atoms with van der Waals surface area (Å²) in [4.78, 5) is 23.7. The summed E-state index contributed by atoms with van der Waals surface area (Å²) in [5.41, 5.74) is 0. The molecule has 1 atom stereocenters. The van der Waals surface area contributed by atoms with Crippen molar-refractivity contribution < 1.29 is 27.5 Å². The van der Waals surface area contributed by atoms with E-state index >= 15 is 0 Å². The average molecular weight is 399 g/mol. The van der Waals surface area contributed by atoms with Crippen molar-refractivity contribution in [3.63, 3.8) is 0 Å². The molecule has 1 aromatic rings. The Kier molecular flexibility index (Phi) is 7.57. The van der Waals surface area contributed by atoms with Gasteiger partial charge in [0.05, 0.1) is 18.6 Å². The molecule has 1 heterocycles. The number of carbonyl (C=O) groups is 2. The molecular formula is C17H25N3O6S. The standard InChI is InChI=1S/C17H25N3O6S/c1-25-11-9-18-16(21)17(22)19-12-13-4-3-10-20(13)27(23,24)15-7-5-14(26-2)6-8-15/h5-8,13H,3-4,9-12H2,1-2H3,(H,18,21)(H,19,22)/t13-/m1/s1. The molecule has 0 radical (unpaired) electrons. The summed E-state index contributed by atoms with van der Waals surface area (Å²) < 4.78 is 37.0. The zero-order valence-corrected chi connectivity index (χ0v) is 16.3. The number of methoxy groups -OCH3 is 2. The van der Waals surface area contributed by atoms with Crippen LogP contribution in [0.1, 0.15) is 12.8 Å². The molecule has 0 bridgehead atoms. The molecule has 27 heavy (non-hydrogen) atoms. The second-order valence-electron chi connectivity index (χ2n) is 6.05. The van der Waals surface area contributed by atoms with Crippen LogP contribution in [0.5, 0.6) is 5.75 Å². The fraction of sp³-hybridized carbons (Fsp3) is 0.529. The molecule has 0 spiro atoms. The van der Waals surface area contributed by atoms with Gasteiger partial charge in [0.15, 0.2) is 0 Å². The van der Waals surface area contributed by atoms with Gasteiger partial charge in [-0.15, -0.1) is 0 Å². The van der Waals surface area contributed by atoms with Crippen LogP contribution in [0.2, 0.25) is 0 Å². The summed E-state index contributed by atoms with van der Waals surface area (Å²) in [5, 5.41) is 4.92. The minimum Gasteiger partial charge on any atom is -0.497 e. The Labute approximate surface area is 159 Å². The lowest BCUT2D eigenvalue weighted by Gasteiger charge is -2.24. The highest BCUT2D eigenvalue weighted by Crippen LogP contribution is 2.26. The number of sulfonamides is 1. The Morgan fingerprint density at radius 3 is 2.44 bits per heavy atom. The van der Waals surface area contributed by atoms with E-state index in [0.29, 0.717) is 31.7 Å². The van der Waals surface area contributed by atoms with Crippen molar-refractivity contribution in [2.75, 3.05) is 40.5 Å². The third-order valence-corrected chi connectivity index (χ3v) is 6.25. The van der Waals surface area contributed by atoms with E-state index in [0.717, 1.165) is 0 Å². The van der Waals surface area contributed by atoms with Crippen molar-refractivity contribution in [3.8, 4) is 5.75 Å². The number of nitrogens with one attached hydrogen (secondary N) is 2. The Morgan fingerprint density at radius 2 is 1.81 bits per heavy atom. The predicted molar refractivity (Wildman–Crippen MR) is 97.8 cm³/mol. The molecule has 2 rings (SSSR count). The lowest BCUT2D eigenvalue weighted by atomic mass is 10.2. The van der Waals surface area contributed by atoms with Gasteiger partial charge in [-0.3, -0.25) is 9.59 Å². The molecule has 9 nitrogen and oxygen atoms in total. The van der Waals surface area contributed by atoms with Gasteiger partial charge in [-0.25, -0.2) is 8.42 Å². The molecule has 0 saturated carbocycles. The quantitative estimate of drug-likeness (QED) is 0.459. The molecule has 1 aliphatic heterocycles. The van der Waals surface area contributed by atoms with Crippen molar-refractivity contribution in [1.82, 2.24) is 14.9 Å². The van der Waals surface area contributed by atoms with E-state index in [-0.39, 0.29) is 18.0 Å². The molecule has 1 saturated heterocycles. The molecule has 1 aliphatic rings. The van der Waals surface area contributed by atoms with Crippen LogP contribution >= 0.6 is 0 Å². The van der Waals surface area contributed by atoms with E-state index in [9.17, 15) is 18.0 Å². The molecule has 2 N–H and O–H groups in total. The maximum absolute atomic E-state index is 12.9. The van der Waals surface area contributed by atoms with Gasteiger partial charge in [0.2, 0.25) is 10.0 Å². The third-order valence-electron chi connectivity index (χ3n) is 4.29. The molecule has 0 aromatic heterocycles. The van der Waals surface area contributed by atoms with Crippen molar-refractivity contribution in [2.45, 2.75) is 23.8 Å². The molecule has 1 aromatic carbocycles. The Bertz CT molecular complexity index is 750. The van der Waals surface area contributed by atoms with Crippen molar-refractivity contribution in [1.29, 1.82) is 0 Å². The van der Waals surface area contributed by atoms with Gasteiger partial charge in [0, 0.05) is 32.8 Å². The smallest absolute Gasteiger partial charge is 0.309 e. The van der Waals surface area contributed by atoms with Crippen LogP contribution in [0.4, 0.5) is 0 Å². The number of amides is 2. The summed E-state index contributed by atoms with van der Waals surface area (Å²) in [6.07, 6.45) is 1.30. The summed E-state index contributed by atoms with van der Waals surface area (Å²) in [6, 6.07) is 5.76. The van der Waals surface area contributed by atoms with E-state index < -0.39 is 27.9 Å². The monoisotopic (exact) mass is 399 g/mol. The van der Waals surface area contributed by atoms with E-state index in [1.807, 2.05) is 0 Å². The first-order valence-electron chi connectivity index (χ1n) is 8.61. The number of hydrogen-bond donors (Lipinski definition) is 2. The van der Waals surface area contributed by atoms with Gasteiger partial charge in [-0.1, -0.05) is 0 Å². The number of hydrogen-bond acceptors (Lipinski definition) is 6. The largest absolute Gasteiger partial charge is 0.497 e. The lowest BCUT2D eigenvalue weighted by Crippen LogP contribution is -2.47. The van der Waals surface area contributed by atoms with Crippen LogP contribution in [0.25, 0.3) is 0 Å². The minimum absolute atomic E-state index is 0.0753. The maximum atomic E-state index is 12.9. The Balaban J connectivity index is 1.97. The second-order valence-corrected chi connectivity index (χ2v) is 7.94. The van der Waals surface area contributed by atoms with Crippen LogP contribution in [0.3, 0.4) is 0 Å². The average Bonchev–Trinajstić information content (AvgIpc) is 3.15. The van der Waals surface area contributed by atoms with Crippen molar-refractivity contribution in [2.24, 2.45) is 0 Å². The van der Waals surface area contributed by atoms with E-state index in [4.69, 9.17) is 9.47 Å². The number of nitrogens with zero attached hydrogens (tertiary/aromatic N) is 1. The summed E-state index contributed by atoms with van der Waals surface area (Å²) in [5.74, 6) is -0.993. The first kappa shape index (κ1) is 21.1. The summed E-state index contributed by atoms with van der Waals surface area (Å²) in [7, 11) is -0.691. The van der Waals surface area contributed by atoms with Crippen molar-refractivity contribution in [3.05, 3.63) is 24.3 Å². The molecule has 0 aliphatic carbocycles. The second kappa shape index (κ2) is 9.67. The van der Waals surface area contributed by atoms with Crippen LogP contribution in [-0.4, -0.2) is 71.0 Å². The van der Waals surface area contributed by atoms with Crippen LogP contribution in [0, 0.1) is 0 Å². The van der Waals surface area contributed by atoms with Crippen molar-refractivity contribution >= 4 is 21.8 Å². The fourth-order valence-electron chi connectivity index (χ4n) is 2.85. The molecule has 0 unspecified atom stereocenters. The number of ether oxygens (including phenoxy) is 2. The zero-order valence-electron chi connectivity index (χ0n) is 15.4. The molecule has 150 valence electrons. The van der Waals surface area contributed by atoms with E-state index in [1.54, 1.807) is 12.1 Å².